The van der Waals surface area contributed by atoms with Gasteiger partial charge in [-0.3, -0.25) is 0 Å². The number of para-hydroxylation sites is 3. The molecule has 0 radical (unpaired) electrons. The first-order valence-electron chi connectivity index (χ1n) is 17.5. The maximum atomic E-state index is 6.43. The summed E-state index contributed by atoms with van der Waals surface area (Å²) in [5, 5.41) is 5.23. The molecule has 4 aromatic heterocycles. The van der Waals surface area contributed by atoms with Crippen LogP contribution in [0.4, 0.5) is 0 Å². The molecule has 0 saturated carbocycles. The van der Waals surface area contributed by atoms with Crippen LogP contribution in [0.25, 0.3) is 104 Å². The van der Waals surface area contributed by atoms with E-state index in [1.54, 1.807) is 11.3 Å². The number of fused-ring (bicyclic) bond motifs is 7. The number of hydrogen-bond acceptors (Lipinski definition) is 6. The average molecular weight is 698 g/mol. The molecule has 0 fully saturated rings. The van der Waals surface area contributed by atoms with E-state index in [1.165, 1.54) is 5.39 Å². The Kier molecular flexibility index (Phi) is 6.62. The Hall–Kier alpha value is -6.96. The van der Waals surface area contributed by atoms with Crippen LogP contribution in [-0.4, -0.2) is 24.5 Å². The zero-order valence-electron chi connectivity index (χ0n) is 28.1. The molecular weight excluding hydrogens is 671 g/mol. The van der Waals surface area contributed by atoms with E-state index < -0.39 is 0 Å². The third kappa shape index (κ3) is 4.86. The van der Waals surface area contributed by atoms with Gasteiger partial charge >= 0.3 is 0 Å². The largest absolute Gasteiger partial charge is 0.456 e. The molecule has 0 saturated heterocycles. The molecule has 4 heterocycles. The van der Waals surface area contributed by atoms with Crippen molar-refractivity contribution in [3.63, 3.8) is 0 Å². The van der Waals surface area contributed by atoms with E-state index in [-0.39, 0.29) is 0 Å². The fraction of sp³-hybridized carbons (Fsp3) is 0. The van der Waals surface area contributed by atoms with Crippen LogP contribution in [-0.2, 0) is 0 Å². The Morgan fingerprint density at radius 2 is 1.15 bits per heavy atom. The molecule has 0 aliphatic carbocycles. The highest BCUT2D eigenvalue weighted by Gasteiger charge is 2.20. The summed E-state index contributed by atoms with van der Waals surface area (Å²) < 4.78 is 9.91. The topological polar surface area (TPSA) is 69.6 Å². The van der Waals surface area contributed by atoms with E-state index in [4.69, 9.17) is 24.4 Å². The van der Waals surface area contributed by atoms with Crippen molar-refractivity contribution in [2.24, 2.45) is 0 Å². The number of benzene rings is 7. The molecule has 7 heteroatoms. The summed E-state index contributed by atoms with van der Waals surface area (Å²) in [5.74, 6) is 1.80. The van der Waals surface area contributed by atoms with Crippen LogP contribution in [0.15, 0.2) is 168 Å². The number of nitrogens with zero attached hydrogens (tertiary/aromatic N) is 5. The Morgan fingerprint density at radius 1 is 0.453 bits per heavy atom. The number of thiazole rings is 1. The first-order chi connectivity index (χ1) is 26.2. The lowest BCUT2D eigenvalue weighted by atomic mass is 10.0. The monoisotopic (exact) mass is 697 g/mol. The third-order valence-corrected chi connectivity index (χ3v) is 11.0. The summed E-state index contributed by atoms with van der Waals surface area (Å²) in [6, 6.07) is 56.3. The molecule has 0 N–H and O–H groups in total. The first kappa shape index (κ1) is 29.7. The lowest BCUT2D eigenvalue weighted by molar-refractivity contribution is 0.669. The summed E-state index contributed by atoms with van der Waals surface area (Å²) in [5.41, 5.74) is 9.72. The molecule has 248 valence electrons. The maximum absolute atomic E-state index is 6.43. The minimum atomic E-state index is 0.583. The standard InChI is InChI=1S/C46H27N5OS/c1-3-12-28(13-4-1)43-48-44(29-22-24-38-34(26-29)32-16-7-9-19-37(32)51(38)31-14-5-2-6-15-31)50-45(49-43)33-17-11-20-40-42(33)35-27-30(23-25-39(35)52-40)46-47-36-18-8-10-21-41(36)53-46/h1-27H. The van der Waals surface area contributed by atoms with Gasteiger partial charge in [0.15, 0.2) is 17.5 Å². The number of aromatic nitrogens is 5. The summed E-state index contributed by atoms with van der Waals surface area (Å²) in [6.07, 6.45) is 0. The molecule has 11 rings (SSSR count). The molecule has 53 heavy (non-hydrogen) atoms. The summed E-state index contributed by atoms with van der Waals surface area (Å²) in [7, 11) is 0. The lowest BCUT2D eigenvalue weighted by Crippen LogP contribution is -2.00. The normalized spacial score (nSPS) is 11.8. The minimum absolute atomic E-state index is 0.583. The van der Waals surface area contributed by atoms with Crippen molar-refractivity contribution in [2.75, 3.05) is 0 Å². The van der Waals surface area contributed by atoms with Crippen molar-refractivity contribution in [1.82, 2.24) is 24.5 Å². The number of hydrogen-bond donors (Lipinski definition) is 0. The van der Waals surface area contributed by atoms with Gasteiger partial charge in [-0.05, 0) is 72.8 Å². The smallest absolute Gasteiger partial charge is 0.164 e. The van der Waals surface area contributed by atoms with Crippen molar-refractivity contribution in [3.05, 3.63) is 164 Å². The molecule has 0 spiro atoms. The molecule has 0 aliphatic rings. The van der Waals surface area contributed by atoms with Crippen LogP contribution in [0.2, 0.25) is 0 Å². The number of rotatable bonds is 5. The van der Waals surface area contributed by atoms with Crippen molar-refractivity contribution in [1.29, 1.82) is 0 Å². The van der Waals surface area contributed by atoms with Gasteiger partial charge in [0.05, 0.1) is 21.3 Å². The fourth-order valence-electron chi connectivity index (χ4n) is 7.45. The van der Waals surface area contributed by atoms with E-state index >= 15 is 0 Å². The molecule has 0 amide bonds. The third-order valence-electron chi connectivity index (χ3n) is 9.89. The van der Waals surface area contributed by atoms with E-state index in [0.717, 1.165) is 81.5 Å². The van der Waals surface area contributed by atoms with Gasteiger partial charge in [-0.1, -0.05) is 91.0 Å². The highest BCUT2D eigenvalue weighted by Crippen LogP contribution is 2.40. The van der Waals surface area contributed by atoms with Crippen LogP contribution < -0.4 is 0 Å². The predicted molar refractivity (Wildman–Crippen MR) is 216 cm³/mol. The molecule has 0 bridgehead atoms. The van der Waals surface area contributed by atoms with Crippen LogP contribution in [0, 0.1) is 0 Å². The molecule has 0 atom stereocenters. The highest BCUT2D eigenvalue weighted by atomic mass is 32.1. The van der Waals surface area contributed by atoms with Crippen LogP contribution in [0.5, 0.6) is 0 Å². The van der Waals surface area contributed by atoms with E-state index in [2.05, 4.69) is 108 Å². The summed E-state index contributed by atoms with van der Waals surface area (Å²) >= 11 is 1.69. The van der Waals surface area contributed by atoms with Crippen LogP contribution in [0.1, 0.15) is 0 Å². The summed E-state index contributed by atoms with van der Waals surface area (Å²) in [4.78, 5) is 20.4. The first-order valence-corrected chi connectivity index (χ1v) is 18.3. The number of furan rings is 1. The molecule has 7 aromatic carbocycles. The highest BCUT2D eigenvalue weighted by molar-refractivity contribution is 7.21. The molecule has 0 unspecified atom stereocenters. The van der Waals surface area contributed by atoms with Crippen molar-refractivity contribution in [3.8, 4) is 50.4 Å². The molecule has 11 aromatic rings. The second kappa shape index (κ2) is 11.8. The van der Waals surface area contributed by atoms with Crippen LogP contribution >= 0.6 is 11.3 Å². The van der Waals surface area contributed by atoms with Gasteiger partial charge in [0.2, 0.25) is 0 Å². The predicted octanol–water partition coefficient (Wildman–Crippen LogP) is 12.1. The average Bonchev–Trinajstić information content (AvgIpc) is 3.93. The van der Waals surface area contributed by atoms with Crippen molar-refractivity contribution < 1.29 is 4.42 Å². The van der Waals surface area contributed by atoms with Gasteiger partial charge in [0.1, 0.15) is 16.2 Å². The molecule has 0 aliphatic heterocycles. The van der Waals surface area contributed by atoms with E-state index in [1.807, 2.05) is 60.7 Å². The van der Waals surface area contributed by atoms with Crippen molar-refractivity contribution >= 4 is 65.3 Å². The molecular formula is C46H27N5OS. The summed E-state index contributed by atoms with van der Waals surface area (Å²) in [6.45, 7) is 0. The van der Waals surface area contributed by atoms with Gasteiger partial charge < -0.3 is 8.98 Å². The van der Waals surface area contributed by atoms with Gasteiger partial charge in [0.25, 0.3) is 0 Å². The fourth-order valence-corrected chi connectivity index (χ4v) is 8.41. The molecule has 6 nitrogen and oxygen atoms in total. The Balaban J connectivity index is 1.12. The Bertz CT molecular complexity index is 3150. The second-order valence-electron chi connectivity index (χ2n) is 13.1. The SMILES string of the molecule is c1ccc(-c2nc(-c3ccc4c(c3)c3ccccc3n4-c3ccccc3)nc(-c3cccc4oc5ccc(-c6nc7ccccc7s6)cc5c34)n2)cc1. The van der Waals surface area contributed by atoms with Gasteiger partial charge in [-0.15, -0.1) is 11.3 Å². The zero-order valence-corrected chi connectivity index (χ0v) is 29.0. The zero-order chi connectivity index (χ0) is 34.9. The minimum Gasteiger partial charge on any atom is -0.456 e. The van der Waals surface area contributed by atoms with E-state index in [9.17, 15) is 0 Å². The van der Waals surface area contributed by atoms with Crippen LogP contribution in [0.3, 0.4) is 0 Å². The van der Waals surface area contributed by atoms with Gasteiger partial charge in [-0.2, -0.15) is 0 Å². The van der Waals surface area contributed by atoms with E-state index in [0.29, 0.717) is 17.5 Å². The quantitative estimate of drug-likeness (QED) is 0.179. The maximum Gasteiger partial charge on any atom is 0.164 e. The van der Waals surface area contributed by atoms with Gasteiger partial charge in [0, 0.05) is 49.5 Å². The second-order valence-corrected chi connectivity index (χ2v) is 14.1. The lowest BCUT2D eigenvalue weighted by Gasteiger charge is -2.10. The Morgan fingerprint density at radius 3 is 2.02 bits per heavy atom. The van der Waals surface area contributed by atoms with Gasteiger partial charge in [-0.25, -0.2) is 19.9 Å². The Labute approximate surface area is 307 Å². The van der Waals surface area contributed by atoms with Crippen molar-refractivity contribution in [2.45, 2.75) is 0 Å².